The summed E-state index contributed by atoms with van der Waals surface area (Å²) >= 11 is 3.60. The van der Waals surface area contributed by atoms with Gasteiger partial charge in [-0.2, -0.15) is 0 Å². The molecule has 9 nitrogen and oxygen atoms in total. The lowest BCUT2D eigenvalue weighted by molar-refractivity contribution is -0.385. The number of non-ortho nitro benzene ring substituents is 1. The number of phenols is 1. The highest BCUT2D eigenvalue weighted by atomic mass is 79.9. The second-order valence-electron chi connectivity index (χ2n) is 6.74. The van der Waals surface area contributed by atoms with Crippen molar-refractivity contribution < 1.29 is 24.4 Å². The summed E-state index contributed by atoms with van der Waals surface area (Å²) in [6.45, 7) is 3.35. The summed E-state index contributed by atoms with van der Waals surface area (Å²) in [5.74, 6) is -1.59. The zero-order chi connectivity index (χ0) is 22.9. The van der Waals surface area contributed by atoms with Crippen molar-refractivity contribution >= 4 is 62.2 Å². The van der Waals surface area contributed by atoms with Gasteiger partial charge in [0, 0.05) is 23.4 Å². The Labute approximate surface area is 189 Å². The van der Waals surface area contributed by atoms with Gasteiger partial charge in [-0.15, -0.1) is 0 Å². The predicted octanol–water partition coefficient (Wildman–Crippen LogP) is 4.35. The third kappa shape index (κ3) is 4.94. The highest BCUT2D eigenvalue weighted by Gasteiger charge is 2.36. The third-order valence-electron chi connectivity index (χ3n) is 4.54. The summed E-state index contributed by atoms with van der Waals surface area (Å²) in [6.07, 6.45) is 1.18. The maximum Gasteiger partial charge on any atom is 0.294 e. The summed E-state index contributed by atoms with van der Waals surface area (Å²) in [5.41, 5.74) is 2.27. The van der Waals surface area contributed by atoms with E-state index in [1.807, 2.05) is 19.9 Å². The van der Waals surface area contributed by atoms with Crippen molar-refractivity contribution in [2.45, 2.75) is 13.8 Å². The van der Waals surface area contributed by atoms with E-state index in [1.165, 1.54) is 6.08 Å². The topological polar surface area (TPSA) is 130 Å². The molecule has 0 unspecified atom stereocenters. The molecule has 0 spiro atoms. The molecule has 0 atom stereocenters. The summed E-state index contributed by atoms with van der Waals surface area (Å²) in [5, 5.41) is 23.2. The molecule has 1 heterocycles. The van der Waals surface area contributed by atoms with E-state index in [0.29, 0.717) is 17.4 Å². The van der Waals surface area contributed by atoms with Gasteiger partial charge >= 0.3 is 0 Å². The zero-order valence-electron chi connectivity index (χ0n) is 16.3. The fourth-order valence-electron chi connectivity index (χ4n) is 2.76. The average Bonchev–Trinajstić information content (AvgIpc) is 2.95. The second kappa shape index (κ2) is 8.90. The van der Waals surface area contributed by atoms with Gasteiger partial charge in [0.2, 0.25) is 5.91 Å². The molecule has 3 amide bonds. The average molecular weight is 506 g/mol. The maximum absolute atomic E-state index is 12.6. The van der Waals surface area contributed by atoms with E-state index in [0.717, 1.165) is 28.2 Å². The Morgan fingerprint density at radius 1 is 1.26 bits per heavy atom. The molecule has 3 rings (SSSR count). The Kier molecular flexibility index (Phi) is 6.46. The molecule has 0 saturated carbocycles. The van der Waals surface area contributed by atoms with Crippen LogP contribution in [0.4, 0.5) is 16.2 Å². The summed E-state index contributed by atoms with van der Waals surface area (Å²) < 4.78 is 0.0694. The molecule has 1 aliphatic rings. The van der Waals surface area contributed by atoms with Gasteiger partial charge in [0.05, 0.1) is 14.3 Å². The summed E-state index contributed by atoms with van der Waals surface area (Å²) in [4.78, 5) is 48.3. The van der Waals surface area contributed by atoms with E-state index in [2.05, 4.69) is 21.2 Å². The SMILES string of the molecule is Cc1ccc(NC(=O)CN2C(=O)S/C(=C/c3cc([N+](=O)[O-])cc(Br)c3O)C2=O)cc1C. The van der Waals surface area contributed by atoms with Crippen molar-refractivity contribution in [3.63, 3.8) is 0 Å². The van der Waals surface area contributed by atoms with E-state index < -0.39 is 28.5 Å². The smallest absolute Gasteiger partial charge is 0.294 e. The van der Waals surface area contributed by atoms with Crippen LogP contribution < -0.4 is 5.32 Å². The van der Waals surface area contributed by atoms with E-state index >= 15 is 0 Å². The molecule has 0 bridgehead atoms. The normalized spacial score (nSPS) is 14.9. The number of nitro groups is 1. The summed E-state index contributed by atoms with van der Waals surface area (Å²) in [7, 11) is 0. The van der Waals surface area contributed by atoms with Gasteiger partial charge < -0.3 is 10.4 Å². The van der Waals surface area contributed by atoms with Crippen molar-refractivity contribution in [3.05, 3.63) is 66.5 Å². The largest absolute Gasteiger partial charge is 0.506 e. The van der Waals surface area contributed by atoms with Gasteiger partial charge in [0.15, 0.2) is 0 Å². The van der Waals surface area contributed by atoms with Crippen LogP contribution in [-0.4, -0.2) is 38.5 Å². The van der Waals surface area contributed by atoms with Crippen molar-refractivity contribution in [1.29, 1.82) is 0 Å². The molecule has 1 saturated heterocycles. The van der Waals surface area contributed by atoms with Gasteiger partial charge in [0.1, 0.15) is 12.3 Å². The number of phenolic OH excluding ortho intramolecular Hbond substituents is 1. The number of aryl methyl sites for hydroxylation is 2. The third-order valence-corrected chi connectivity index (χ3v) is 6.05. The minimum absolute atomic E-state index is 0.00819. The Balaban J connectivity index is 1.78. The summed E-state index contributed by atoms with van der Waals surface area (Å²) in [6, 6.07) is 7.55. The molecule has 1 aliphatic heterocycles. The highest BCUT2D eigenvalue weighted by Crippen LogP contribution is 2.38. The molecule has 2 aromatic carbocycles. The van der Waals surface area contributed by atoms with Crippen LogP contribution in [0, 0.1) is 24.0 Å². The van der Waals surface area contributed by atoms with Gasteiger partial charge in [-0.25, -0.2) is 0 Å². The second-order valence-corrected chi connectivity index (χ2v) is 8.59. The molecule has 0 aromatic heterocycles. The number of benzene rings is 2. The molecule has 2 N–H and O–H groups in total. The van der Waals surface area contributed by atoms with Crippen LogP contribution in [0.25, 0.3) is 6.08 Å². The number of thioether (sulfide) groups is 1. The number of anilines is 1. The van der Waals surface area contributed by atoms with Gasteiger partial charge in [-0.05, 0) is 70.9 Å². The number of hydrogen-bond acceptors (Lipinski definition) is 7. The molecule has 11 heteroatoms. The number of aromatic hydroxyl groups is 1. The number of rotatable bonds is 5. The number of amides is 3. The first kappa shape index (κ1) is 22.5. The van der Waals surface area contributed by atoms with E-state index in [-0.39, 0.29) is 26.4 Å². The number of halogens is 1. The quantitative estimate of drug-likeness (QED) is 0.350. The van der Waals surface area contributed by atoms with Crippen LogP contribution in [-0.2, 0) is 9.59 Å². The molecule has 0 aliphatic carbocycles. The van der Waals surface area contributed by atoms with E-state index in [9.17, 15) is 29.6 Å². The maximum atomic E-state index is 12.6. The monoisotopic (exact) mass is 505 g/mol. The van der Waals surface area contributed by atoms with Crippen LogP contribution in [0.1, 0.15) is 16.7 Å². The first-order chi connectivity index (χ1) is 14.6. The Hall–Kier alpha value is -3.18. The van der Waals surface area contributed by atoms with E-state index in [1.54, 1.807) is 12.1 Å². The predicted molar refractivity (Wildman–Crippen MR) is 120 cm³/mol. The Morgan fingerprint density at radius 2 is 1.97 bits per heavy atom. The lowest BCUT2D eigenvalue weighted by Crippen LogP contribution is -2.36. The van der Waals surface area contributed by atoms with Crippen LogP contribution in [0.5, 0.6) is 5.75 Å². The van der Waals surface area contributed by atoms with Gasteiger partial charge in [-0.1, -0.05) is 6.07 Å². The van der Waals surface area contributed by atoms with Crippen molar-refractivity contribution in [2.24, 2.45) is 0 Å². The number of carbonyl (C=O) groups excluding carboxylic acids is 3. The minimum Gasteiger partial charge on any atom is -0.506 e. The highest BCUT2D eigenvalue weighted by molar-refractivity contribution is 9.10. The van der Waals surface area contributed by atoms with Crippen molar-refractivity contribution in [1.82, 2.24) is 4.90 Å². The minimum atomic E-state index is -0.729. The number of carbonyl (C=O) groups is 3. The first-order valence-electron chi connectivity index (χ1n) is 8.86. The van der Waals surface area contributed by atoms with Crippen molar-refractivity contribution in [3.8, 4) is 5.75 Å². The lowest BCUT2D eigenvalue weighted by atomic mass is 10.1. The number of hydrogen-bond donors (Lipinski definition) is 2. The first-order valence-corrected chi connectivity index (χ1v) is 10.5. The zero-order valence-corrected chi connectivity index (χ0v) is 18.7. The fourth-order valence-corrected chi connectivity index (χ4v) is 4.05. The van der Waals surface area contributed by atoms with E-state index in [4.69, 9.17) is 0 Å². The number of imide groups is 1. The molecular weight excluding hydrogens is 490 g/mol. The van der Waals surface area contributed by atoms with Gasteiger partial charge in [-0.3, -0.25) is 29.4 Å². The molecule has 160 valence electrons. The lowest BCUT2D eigenvalue weighted by Gasteiger charge is -2.13. The van der Waals surface area contributed by atoms with Crippen LogP contribution in [0.2, 0.25) is 0 Å². The molecule has 1 fully saturated rings. The number of nitrogens with zero attached hydrogens (tertiary/aromatic N) is 2. The van der Waals surface area contributed by atoms with Crippen LogP contribution >= 0.6 is 27.7 Å². The molecule has 31 heavy (non-hydrogen) atoms. The fraction of sp³-hybridized carbons (Fsp3) is 0.150. The standard InChI is InChI=1S/C20H16BrN3O6S/c1-10-3-4-13(5-11(10)2)22-17(25)9-23-19(27)16(31-20(23)28)7-12-6-14(24(29)30)8-15(21)18(12)26/h3-8,26H,9H2,1-2H3,(H,22,25)/b16-7+. The van der Waals surface area contributed by atoms with Crippen molar-refractivity contribution in [2.75, 3.05) is 11.9 Å². The van der Waals surface area contributed by atoms with Gasteiger partial charge in [0.25, 0.3) is 16.8 Å². The number of nitrogens with one attached hydrogen (secondary N) is 1. The Bertz CT molecular complexity index is 1160. The van der Waals surface area contributed by atoms with Crippen LogP contribution in [0.3, 0.4) is 0 Å². The molecule has 2 aromatic rings. The molecular formula is C20H16BrN3O6S. The van der Waals surface area contributed by atoms with Crippen LogP contribution in [0.15, 0.2) is 39.7 Å². The molecule has 0 radical (unpaired) electrons. The Morgan fingerprint density at radius 3 is 2.61 bits per heavy atom. The number of nitro benzene ring substituents is 1.